The lowest BCUT2D eigenvalue weighted by molar-refractivity contribution is -0.524. The maximum absolute atomic E-state index is 10.6. The summed E-state index contributed by atoms with van der Waals surface area (Å²) in [5.41, 5.74) is 0. The summed E-state index contributed by atoms with van der Waals surface area (Å²) in [6.45, 7) is 3.37. The molecule has 4 heteroatoms. The number of hydrogen-bond donors (Lipinski definition) is 0. The minimum atomic E-state index is -0.529. The van der Waals surface area contributed by atoms with Gasteiger partial charge in [-0.1, -0.05) is 6.92 Å². The van der Waals surface area contributed by atoms with Gasteiger partial charge in [-0.25, -0.2) is 0 Å². The average Bonchev–Trinajstić information content (AvgIpc) is 1.96. The highest BCUT2D eigenvalue weighted by Gasteiger charge is 2.18. The van der Waals surface area contributed by atoms with Crippen LogP contribution in [-0.4, -0.2) is 16.7 Å². The molecule has 0 fully saturated rings. The molecular weight excluding hydrogens is 158 g/mol. The highest BCUT2D eigenvalue weighted by molar-refractivity contribution is 5.75. The van der Waals surface area contributed by atoms with Crippen molar-refractivity contribution in [3.8, 4) is 0 Å². The molecule has 0 spiro atoms. The number of carbonyl (C=O) groups excluding carboxylic acids is 1. The van der Waals surface area contributed by atoms with E-state index in [-0.39, 0.29) is 10.7 Å². The number of carbonyl (C=O) groups is 1. The first kappa shape index (κ1) is 11.1. The Labute approximate surface area is 72.1 Å². The van der Waals surface area contributed by atoms with E-state index < -0.39 is 6.04 Å². The molecular formula is C8H15NO3. The summed E-state index contributed by atoms with van der Waals surface area (Å²) in [5, 5.41) is 10.4. The Morgan fingerprint density at radius 3 is 2.42 bits per heavy atom. The Bertz CT molecular complexity index is 168. The maximum Gasteiger partial charge on any atom is 0.213 e. The first-order valence-electron chi connectivity index (χ1n) is 4.20. The van der Waals surface area contributed by atoms with Gasteiger partial charge in [-0.3, -0.25) is 10.1 Å². The van der Waals surface area contributed by atoms with Crippen LogP contribution in [-0.2, 0) is 4.79 Å². The van der Waals surface area contributed by atoms with E-state index in [2.05, 4.69) is 0 Å². The van der Waals surface area contributed by atoms with Gasteiger partial charge in [0.1, 0.15) is 5.78 Å². The average molecular weight is 173 g/mol. The van der Waals surface area contributed by atoms with E-state index in [1.165, 1.54) is 6.92 Å². The van der Waals surface area contributed by atoms with E-state index in [1.807, 2.05) is 6.92 Å². The Morgan fingerprint density at radius 1 is 1.50 bits per heavy atom. The van der Waals surface area contributed by atoms with Gasteiger partial charge in [-0.15, -0.1) is 0 Å². The molecule has 1 unspecified atom stereocenters. The van der Waals surface area contributed by atoms with Gasteiger partial charge in [-0.05, 0) is 13.3 Å². The third-order valence-electron chi connectivity index (χ3n) is 1.75. The van der Waals surface area contributed by atoms with Gasteiger partial charge < -0.3 is 4.79 Å². The van der Waals surface area contributed by atoms with Gasteiger partial charge in [0.15, 0.2) is 0 Å². The van der Waals surface area contributed by atoms with Crippen LogP contribution >= 0.6 is 0 Å². The summed E-state index contributed by atoms with van der Waals surface area (Å²) in [5.74, 6) is 0.0259. The molecule has 0 radical (unpaired) electrons. The molecule has 0 aliphatic carbocycles. The van der Waals surface area contributed by atoms with Crippen molar-refractivity contribution in [1.29, 1.82) is 0 Å². The lowest BCUT2D eigenvalue weighted by Gasteiger charge is -2.05. The van der Waals surface area contributed by atoms with Crippen molar-refractivity contribution in [2.24, 2.45) is 0 Å². The predicted octanol–water partition coefficient (Wildman–Crippen LogP) is 1.80. The van der Waals surface area contributed by atoms with Crippen molar-refractivity contribution in [2.75, 3.05) is 0 Å². The second-order valence-electron chi connectivity index (χ2n) is 2.97. The third-order valence-corrected chi connectivity index (χ3v) is 1.75. The lowest BCUT2D eigenvalue weighted by Crippen LogP contribution is -2.19. The molecule has 0 rings (SSSR count). The fourth-order valence-electron chi connectivity index (χ4n) is 1.06. The van der Waals surface area contributed by atoms with Gasteiger partial charge in [0.05, 0.1) is 0 Å². The van der Waals surface area contributed by atoms with Crippen LogP contribution in [0.4, 0.5) is 0 Å². The number of hydrogen-bond acceptors (Lipinski definition) is 3. The second-order valence-corrected chi connectivity index (χ2v) is 2.97. The summed E-state index contributed by atoms with van der Waals surface area (Å²) < 4.78 is 0. The van der Waals surface area contributed by atoms with Crippen LogP contribution in [0.15, 0.2) is 0 Å². The minimum Gasteiger partial charge on any atom is -0.300 e. The van der Waals surface area contributed by atoms with Crippen LogP contribution in [0.3, 0.4) is 0 Å². The summed E-state index contributed by atoms with van der Waals surface area (Å²) in [6.07, 6.45) is 2.08. The second kappa shape index (κ2) is 5.69. The summed E-state index contributed by atoms with van der Waals surface area (Å²) >= 11 is 0. The highest BCUT2D eigenvalue weighted by atomic mass is 16.6. The Kier molecular flexibility index (Phi) is 5.25. The number of nitrogens with zero attached hydrogens (tertiary/aromatic N) is 1. The van der Waals surface area contributed by atoms with Crippen molar-refractivity contribution in [3.63, 3.8) is 0 Å². The molecule has 0 saturated heterocycles. The normalized spacial score (nSPS) is 12.5. The molecule has 0 aromatic carbocycles. The largest absolute Gasteiger partial charge is 0.300 e. The van der Waals surface area contributed by atoms with Gasteiger partial charge in [0.25, 0.3) is 0 Å². The quantitative estimate of drug-likeness (QED) is 0.454. The molecule has 12 heavy (non-hydrogen) atoms. The van der Waals surface area contributed by atoms with E-state index in [9.17, 15) is 14.9 Å². The molecule has 70 valence electrons. The monoisotopic (exact) mass is 173 g/mol. The van der Waals surface area contributed by atoms with Gasteiger partial charge >= 0.3 is 0 Å². The zero-order chi connectivity index (χ0) is 9.56. The number of ketones is 1. The summed E-state index contributed by atoms with van der Waals surface area (Å²) in [7, 11) is 0. The third kappa shape index (κ3) is 4.82. The predicted molar refractivity (Wildman–Crippen MR) is 45.6 cm³/mol. The molecule has 0 aliphatic rings. The van der Waals surface area contributed by atoms with Gasteiger partial charge in [-0.2, -0.15) is 0 Å². The molecule has 0 bridgehead atoms. The first-order valence-corrected chi connectivity index (χ1v) is 4.20. The summed E-state index contributed by atoms with van der Waals surface area (Å²) in [4.78, 5) is 20.7. The standard InChI is InChI=1S/C8H15NO3/c1-3-4-8(9(11)12)6-5-7(2)10/h8H,3-6H2,1-2H3. The van der Waals surface area contributed by atoms with Crippen molar-refractivity contribution < 1.29 is 9.72 Å². The molecule has 0 aliphatic heterocycles. The minimum absolute atomic E-state index is 0.0259. The molecule has 0 amide bonds. The molecule has 1 atom stereocenters. The molecule has 4 nitrogen and oxygen atoms in total. The smallest absolute Gasteiger partial charge is 0.213 e. The van der Waals surface area contributed by atoms with Crippen molar-refractivity contribution in [2.45, 2.75) is 45.6 Å². The van der Waals surface area contributed by atoms with E-state index in [0.717, 1.165) is 6.42 Å². The highest BCUT2D eigenvalue weighted by Crippen LogP contribution is 2.08. The zero-order valence-electron chi connectivity index (χ0n) is 7.58. The van der Waals surface area contributed by atoms with E-state index in [4.69, 9.17) is 0 Å². The Balaban J connectivity index is 3.79. The van der Waals surface area contributed by atoms with E-state index >= 15 is 0 Å². The van der Waals surface area contributed by atoms with E-state index in [0.29, 0.717) is 19.3 Å². The topological polar surface area (TPSA) is 60.2 Å². The van der Waals surface area contributed by atoms with Crippen molar-refractivity contribution >= 4 is 5.78 Å². The number of nitro groups is 1. The molecule has 0 aromatic rings. The fraction of sp³-hybridized carbons (Fsp3) is 0.875. The van der Waals surface area contributed by atoms with Gasteiger partial charge in [0, 0.05) is 24.2 Å². The van der Waals surface area contributed by atoms with Crippen LogP contribution < -0.4 is 0 Å². The molecule has 0 saturated carbocycles. The van der Waals surface area contributed by atoms with Crippen LogP contribution in [0.5, 0.6) is 0 Å². The molecule has 0 N–H and O–H groups in total. The molecule has 0 aromatic heterocycles. The summed E-state index contributed by atoms with van der Waals surface area (Å²) in [6, 6.07) is -0.529. The van der Waals surface area contributed by atoms with Crippen molar-refractivity contribution in [1.82, 2.24) is 0 Å². The SMILES string of the molecule is CCCC(CCC(C)=O)[N+](=O)[O-]. The fourth-order valence-corrected chi connectivity index (χ4v) is 1.06. The van der Waals surface area contributed by atoms with E-state index in [1.54, 1.807) is 0 Å². The van der Waals surface area contributed by atoms with Crippen LogP contribution in [0, 0.1) is 10.1 Å². The van der Waals surface area contributed by atoms with Crippen LogP contribution in [0.1, 0.15) is 39.5 Å². The number of rotatable bonds is 6. The Hall–Kier alpha value is -0.930. The van der Waals surface area contributed by atoms with Crippen molar-refractivity contribution in [3.05, 3.63) is 10.1 Å². The Morgan fingerprint density at radius 2 is 2.08 bits per heavy atom. The lowest BCUT2D eigenvalue weighted by atomic mass is 10.1. The number of Topliss-reactive ketones (excluding diaryl/α,β-unsaturated/α-hetero) is 1. The zero-order valence-corrected chi connectivity index (χ0v) is 7.58. The maximum atomic E-state index is 10.6. The van der Waals surface area contributed by atoms with Gasteiger partial charge in [0.2, 0.25) is 6.04 Å². The van der Waals surface area contributed by atoms with Crippen LogP contribution in [0.2, 0.25) is 0 Å². The molecule has 0 heterocycles. The van der Waals surface area contributed by atoms with Crippen LogP contribution in [0.25, 0.3) is 0 Å². The first-order chi connectivity index (χ1) is 5.57.